The summed E-state index contributed by atoms with van der Waals surface area (Å²) in [4.78, 5) is 2.75. The lowest BCUT2D eigenvalue weighted by molar-refractivity contribution is 0.227. The molecule has 0 spiro atoms. The summed E-state index contributed by atoms with van der Waals surface area (Å²) < 4.78 is 29.0. The molecule has 3 rings (SSSR count). The summed E-state index contributed by atoms with van der Waals surface area (Å²) in [5.41, 5.74) is 1.67. The third-order valence-corrected chi connectivity index (χ3v) is 7.00. The Hall–Kier alpha value is -2.07. The van der Waals surface area contributed by atoms with E-state index >= 15 is 0 Å². The van der Waals surface area contributed by atoms with Crippen molar-refractivity contribution in [1.29, 1.82) is 5.26 Å². The quantitative estimate of drug-likeness (QED) is 0.625. The average Bonchev–Trinajstić information content (AvgIpc) is 3.04. The highest BCUT2D eigenvalue weighted by Gasteiger charge is 2.30. The van der Waals surface area contributed by atoms with Crippen LogP contribution in [0, 0.1) is 17.2 Å². The molecule has 3 unspecified atom stereocenters. The van der Waals surface area contributed by atoms with Gasteiger partial charge in [-0.3, -0.25) is 4.90 Å². The van der Waals surface area contributed by atoms with E-state index < -0.39 is 9.84 Å². The van der Waals surface area contributed by atoms with Crippen LogP contribution in [-0.2, 0) is 9.84 Å². The molecule has 0 saturated carbocycles. The van der Waals surface area contributed by atoms with Gasteiger partial charge in [0.1, 0.15) is 5.75 Å². The van der Waals surface area contributed by atoms with Crippen LogP contribution in [0.15, 0.2) is 47.4 Å². The van der Waals surface area contributed by atoms with Crippen LogP contribution in [0.4, 0.5) is 0 Å². The topological polar surface area (TPSA) is 70.4 Å². The van der Waals surface area contributed by atoms with Gasteiger partial charge in [0.2, 0.25) is 0 Å². The van der Waals surface area contributed by atoms with Crippen molar-refractivity contribution in [3.8, 4) is 11.8 Å². The van der Waals surface area contributed by atoms with Crippen LogP contribution in [0.1, 0.15) is 37.3 Å². The minimum absolute atomic E-state index is 0.265. The molecular formula is C23H27ClN2O3S. The van der Waals surface area contributed by atoms with Crippen LogP contribution in [0.5, 0.6) is 5.75 Å². The van der Waals surface area contributed by atoms with Crippen molar-refractivity contribution in [3.05, 3.63) is 58.6 Å². The molecule has 0 bridgehead atoms. The number of nitriles is 1. The molecule has 0 N–H and O–H groups in total. The highest BCUT2D eigenvalue weighted by atomic mass is 35.5. The fourth-order valence-electron chi connectivity index (χ4n) is 4.01. The molecule has 3 atom stereocenters. The van der Waals surface area contributed by atoms with Gasteiger partial charge in [-0.15, -0.1) is 0 Å². The molecule has 1 fully saturated rings. The van der Waals surface area contributed by atoms with Crippen molar-refractivity contribution in [2.45, 2.75) is 37.1 Å². The highest BCUT2D eigenvalue weighted by Crippen LogP contribution is 2.29. The van der Waals surface area contributed by atoms with E-state index in [1.807, 2.05) is 12.1 Å². The first kappa shape index (κ1) is 22.6. The summed E-state index contributed by atoms with van der Waals surface area (Å²) >= 11 is 6.16. The normalized spacial score (nSPS) is 20.6. The van der Waals surface area contributed by atoms with E-state index in [1.54, 1.807) is 30.3 Å². The first-order valence-corrected chi connectivity index (χ1v) is 12.3. The van der Waals surface area contributed by atoms with Crippen molar-refractivity contribution < 1.29 is 13.2 Å². The smallest absolute Gasteiger partial charge is 0.175 e. The maximum Gasteiger partial charge on any atom is 0.175 e. The molecule has 7 heteroatoms. The maximum atomic E-state index is 11.6. The predicted octanol–water partition coefficient (Wildman–Crippen LogP) is 4.51. The average molecular weight is 447 g/mol. The Morgan fingerprint density at radius 2 is 1.97 bits per heavy atom. The zero-order chi connectivity index (χ0) is 21.9. The van der Waals surface area contributed by atoms with Crippen LogP contribution >= 0.6 is 11.6 Å². The van der Waals surface area contributed by atoms with Crippen molar-refractivity contribution >= 4 is 21.4 Å². The zero-order valence-corrected chi connectivity index (χ0v) is 19.1. The zero-order valence-electron chi connectivity index (χ0n) is 17.5. The largest absolute Gasteiger partial charge is 0.493 e. The summed E-state index contributed by atoms with van der Waals surface area (Å²) in [7, 11) is -3.19. The Labute approximate surface area is 184 Å². The number of rotatable bonds is 7. The minimum Gasteiger partial charge on any atom is -0.493 e. The lowest BCUT2D eigenvalue weighted by Crippen LogP contribution is -2.31. The van der Waals surface area contributed by atoms with Crippen molar-refractivity contribution in [2.75, 3.05) is 26.0 Å². The van der Waals surface area contributed by atoms with Gasteiger partial charge in [-0.1, -0.05) is 18.5 Å². The molecule has 1 aliphatic rings. The summed E-state index contributed by atoms with van der Waals surface area (Å²) in [6.07, 6.45) is 2.25. The number of halogens is 1. The second-order valence-corrected chi connectivity index (χ2v) is 10.7. The lowest BCUT2D eigenvalue weighted by atomic mass is 9.98. The molecule has 2 aromatic rings. The number of benzene rings is 2. The van der Waals surface area contributed by atoms with E-state index in [4.69, 9.17) is 16.3 Å². The van der Waals surface area contributed by atoms with Crippen LogP contribution < -0.4 is 4.74 Å². The fraction of sp³-hybridized carbons (Fsp3) is 0.435. The molecule has 5 nitrogen and oxygen atoms in total. The van der Waals surface area contributed by atoms with E-state index in [1.165, 1.54) is 6.26 Å². The Balaban J connectivity index is 1.55. The van der Waals surface area contributed by atoms with E-state index in [-0.39, 0.29) is 5.92 Å². The Morgan fingerprint density at radius 3 is 2.60 bits per heavy atom. The summed E-state index contributed by atoms with van der Waals surface area (Å²) in [5, 5.41) is 9.77. The maximum absolute atomic E-state index is 11.6. The molecule has 1 saturated heterocycles. The van der Waals surface area contributed by atoms with Crippen molar-refractivity contribution in [2.24, 2.45) is 5.92 Å². The molecule has 0 amide bonds. The molecule has 1 aliphatic heterocycles. The number of hydrogen-bond donors (Lipinski definition) is 0. The molecule has 30 heavy (non-hydrogen) atoms. The van der Waals surface area contributed by atoms with Crippen LogP contribution in [0.25, 0.3) is 0 Å². The van der Waals surface area contributed by atoms with Crippen molar-refractivity contribution in [3.63, 3.8) is 0 Å². The van der Waals surface area contributed by atoms with Gasteiger partial charge < -0.3 is 4.74 Å². The van der Waals surface area contributed by atoms with Gasteiger partial charge in [0.05, 0.1) is 23.1 Å². The Kier molecular flexibility index (Phi) is 7.07. The summed E-state index contributed by atoms with van der Waals surface area (Å²) in [6.45, 7) is 6.83. The SMILES string of the molecule is CC(CN1CC(COc2ccc(S(C)(=O)=O)cc2)CC1C)c1cc(Cl)cc(C#N)c1. The van der Waals surface area contributed by atoms with Gasteiger partial charge in [0.25, 0.3) is 0 Å². The molecular weight excluding hydrogens is 420 g/mol. The summed E-state index contributed by atoms with van der Waals surface area (Å²) in [6, 6.07) is 14.7. The van der Waals surface area contributed by atoms with E-state index in [0.717, 1.165) is 25.1 Å². The van der Waals surface area contributed by atoms with Gasteiger partial charge >= 0.3 is 0 Å². The Bertz CT molecular complexity index is 1030. The first-order valence-electron chi connectivity index (χ1n) is 10.0. The number of likely N-dealkylation sites (tertiary alicyclic amines) is 1. The number of hydrogen-bond acceptors (Lipinski definition) is 5. The van der Waals surface area contributed by atoms with Gasteiger partial charge in [0, 0.05) is 36.3 Å². The molecule has 0 aliphatic carbocycles. The Morgan fingerprint density at radius 1 is 1.27 bits per heavy atom. The lowest BCUT2D eigenvalue weighted by Gasteiger charge is -2.25. The molecule has 0 aromatic heterocycles. The minimum atomic E-state index is -3.19. The molecule has 1 heterocycles. The van der Waals surface area contributed by atoms with Crippen LogP contribution in [-0.4, -0.2) is 45.3 Å². The van der Waals surface area contributed by atoms with Gasteiger partial charge in [-0.2, -0.15) is 5.26 Å². The van der Waals surface area contributed by atoms with Crippen LogP contribution in [0.3, 0.4) is 0 Å². The monoisotopic (exact) mass is 446 g/mol. The van der Waals surface area contributed by atoms with Crippen LogP contribution in [0.2, 0.25) is 5.02 Å². The van der Waals surface area contributed by atoms with Crippen molar-refractivity contribution in [1.82, 2.24) is 4.90 Å². The number of ether oxygens (including phenoxy) is 1. The number of sulfone groups is 1. The highest BCUT2D eigenvalue weighted by molar-refractivity contribution is 7.90. The molecule has 2 aromatic carbocycles. The summed E-state index contributed by atoms with van der Waals surface area (Å²) in [5.74, 6) is 1.36. The number of nitrogens with zero attached hydrogens (tertiary/aromatic N) is 2. The van der Waals surface area contributed by atoms with Gasteiger partial charge in [0.15, 0.2) is 9.84 Å². The van der Waals surface area contributed by atoms with Gasteiger partial charge in [-0.05, 0) is 67.3 Å². The predicted molar refractivity (Wildman–Crippen MR) is 119 cm³/mol. The van der Waals surface area contributed by atoms with E-state index in [9.17, 15) is 13.7 Å². The first-order chi connectivity index (χ1) is 14.2. The van der Waals surface area contributed by atoms with Gasteiger partial charge in [-0.25, -0.2) is 8.42 Å². The third-order valence-electron chi connectivity index (χ3n) is 5.65. The van der Waals surface area contributed by atoms with E-state index in [0.29, 0.717) is 39.8 Å². The third kappa shape index (κ3) is 5.75. The second-order valence-electron chi connectivity index (χ2n) is 8.25. The molecule has 0 radical (unpaired) electrons. The standard InChI is InChI=1S/C23H27ClN2O3S/c1-16(20-9-18(12-25)10-21(24)11-20)13-26-14-19(8-17(26)2)15-29-22-4-6-23(7-5-22)30(3,27)28/h4-7,9-11,16-17,19H,8,13-15H2,1-3H3. The molecule has 160 valence electrons. The fourth-order valence-corrected chi connectivity index (χ4v) is 4.88. The second kappa shape index (κ2) is 9.38. The van der Waals surface area contributed by atoms with E-state index in [2.05, 4.69) is 24.8 Å².